The lowest BCUT2D eigenvalue weighted by Crippen LogP contribution is -2.01. The summed E-state index contributed by atoms with van der Waals surface area (Å²) in [6.45, 7) is 4.82. The fraction of sp³-hybridized carbons (Fsp3) is 0.308. The van der Waals surface area contributed by atoms with Crippen molar-refractivity contribution in [3.63, 3.8) is 0 Å². The van der Waals surface area contributed by atoms with Gasteiger partial charge in [-0.25, -0.2) is 4.98 Å². The number of nitrogens with zero attached hydrogens (tertiary/aromatic N) is 2. The predicted octanol–water partition coefficient (Wildman–Crippen LogP) is 3.37. The van der Waals surface area contributed by atoms with Crippen LogP contribution in [0.2, 0.25) is 0 Å². The molecule has 0 aliphatic heterocycles. The average Bonchev–Trinajstić information content (AvgIpc) is 2.82. The summed E-state index contributed by atoms with van der Waals surface area (Å²) in [5.41, 5.74) is 0.657. The molecule has 0 saturated heterocycles. The molecule has 0 unspecified atom stereocenters. The van der Waals surface area contributed by atoms with E-state index in [-0.39, 0.29) is 5.69 Å². The van der Waals surface area contributed by atoms with Crippen molar-refractivity contribution in [1.29, 1.82) is 0 Å². The van der Waals surface area contributed by atoms with Crippen LogP contribution in [-0.2, 0) is 6.54 Å². The van der Waals surface area contributed by atoms with Crippen molar-refractivity contribution in [3.8, 4) is 5.75 Å². The Morgan fingerprint density at radius 3 is 2.85 bits per heavy atom. The monoisotopic (exact) mass is 293 g/mol. The topological polar surface area (TPSA) is 77.3 Å². The van der Waals surface area contributed by atoms with E-state index in [4.69, 9.17) is 4.74 Å². The summed E-state index contributed by atoms with van der Waals surface area (Å²) in [5.74, 6) is 0.486. The van der Waals surface area contributed by atoms with Crippen LogP contribution in [0, 0.1) is 17.0 Å². The van der Waals surface area contributed by atoms with Crippen molar-refractivity contribution in [1.82, 2.24) is 4.98 Å². The van der Waals surface area contributed by atoms with Gasteiger partial charge in [0.1, 0.15) is 10.8 Å². The minimum atomic E-state index is -0.429. The summed E-state index contributed by atoms with van der Waals surface area (Å²) < 4.78 is 5.34. The van der Waals surface area contributed by atoms with Crippen molar-refractivity contribution in [2.24, 2.45) is 0 Å². The largest absolute Gasteiger partial charge is 0.494 e. The molecule has 2 rings (SSSR count). The molecule has 2 aromatic rings. The van der Waals surface area contributed by atoms with E-state index in [1.807, 2.05) is 13.8 Å². The molecule has 0 radical (unpaired) electrons. The van der Waals surface area contributed by atoms with Crippen LogP contribution in [0.3, 0.4) is 0 Å². The summed E-state index contributed by atoms with van der Waals surface area (Å²) in [5, 5.41) is 15.0. The van der Waals surface area contributed by atoms with Crippen LogP contribution in [0.25, 0.3) is 0 Å². The Bertz CT molecular complexity index is 613. The van der Waals surface area contributed by atoms with E-state index >= 15 is 0 Å². The van der Waals surface area contributed by atoms with Gasteiger partial charge in [0, 0.05) is 28.9 Å². The second-order valence-corrected chi connectivity index (χ2v) is 5.44. The van der Waals surface area contributed by atoms with Gasteiger partial charge in [0.25, 0.3) is 5.69 Å². The van der Waals surface area contributed by atoms with Crippen LogP contribution < -0.4 is 10.1 Å². The van der Waals surface area contributed by atoms with Gasteiger partial charge in [-0.1, -0.05) is 0 Å². The molecule has 0 spiro atoms. The van der Waals surface area contributed by atoms with E-state index in [1.54, 1.807) is 23.6 Å². The first-order valence-electron chi connectivity index (χ1n) is 6.16. The number of nitro groups is 1. The zero-order chi connectivity index (χ0) is 14.5. The van der Waals surface area contributed by atoms with Gasteiger partial charge in [0.05, 0.1) is 24.1 Å². The Morgan fingerprint density at radius 2 is 2.25 bits per heavy atom. The standard InChI is InChI=1S/C13H15N3O3S/c1-3-19-12-5-10(4-11(6-12)16(17)18)14-8-13-15-7-9(2)20-13/h4-7,14H,3,8H2,1-2H3. The van der Waals surface area contributed by atoms with Gasteiger partial charge in [-0.3, -0.25) is 10.1 Å². The molecule has 0 aliphatic rings. The fourth-order valence-electron chi connectivity index (χ4n) is 1.70. The maximum atomic E-state index is 10.9. The summed E-state index contributed by atoms with van der Waals surface area (Å²) in [7, 11) is 0. The minimum Gasteiger partial charge on any atom is -0.494 e. The fourth-order valence-corrected chi connectivity index (χ4v) is 2.43. The summed E-state index contributed by atoms with van der Waals surface area (Å²) in [4.78, 5) is 15.8. The second-order valence-electron chi connectivity index (χ2n) is 4.12. The molecule has 0 bridgehead atoms. The molecule has 1 N–H and O–H groups in total. The molecule has 0 atom stereocenters. The molecule has 0 aliphatic carbocycles. The number of ether oxygens (including phenoxy) is 1. The molecular formula is C13H15N3O3S. The molecular weight excluding hydrogens is 278 g/mol. The van der Waals surface area contributed by atoms with E-state index < -0.39 is 4.92 Å². The lowest BCUT2D eigenvalue weighted by atomic mass is 10.2. The van der Waals surface area contributed by atoms with Crippen molar-refractivity contribution in [3.05, 3.63) is 44.4 Å². The average molecular weight is 293 g/mol. The van der Waals surface area contributed by atoms with Crippen molar-refractivity contribution < 1.29 is 9.66 Å². The third kappa shape index (κ3) is 3.67. The Kier molecular flexibility index (Phi) is 4.52. The predicted molar refractivity (Wildman–Crippen MR) is 78.4 cm³/mol. The van der Waals surface area contributed by atoms with E-state index in [2.05, 4.69) is 10.3 Å². The first-order chi connectivity index (χ1) is 9.58. The molecule has 7 heteroatoms. The van der Waals surface area contributed by atoms with E-state index in [9.17, 15) is 10.1 Å². The highest BCUT2D eigenvalue weighted by Gasteiger charge is 2.10. The number of nitro benzene ring substituents is 1. The van der Waals surface area contributed by atoms with Crippen molar-refractivity contribution in [2.75, 3.05) is 11.9 Å². The third-order valence-corrected chi connectivity index (χ3v) is 3.44. The maximum Gasteiger partial charge on any atom is 0.275 e. The zero-order valence-corrected chi connectivity index (χ0v) is 12.1. The Labute approximate surface area is 120 Å². The molecule has 1 aromatic carbocycles. The zero-order valence-electron chi connectivity index (χ0n) is 11.3. The van der Waals surface area contributed by atoms with Gasteiger partial charge in [-0.05, 0) is 13.8 Å². The van der Waals surface area contributed by atoms with Gasteiger partial charge in [-0.15, -0.1) is 11.3 Å². The number of hydrogen-bond acceptors (Lipinski definition) is 6. The summed E-state index contributed by atoms with van der Waals surface area (Å²) >= 11 is 1.59. The normalized spacial score (nSPS) is 10.3. The van der Waals surface area contributed by atoms with Gasteiger partial charge in [0.2, 0.25) is 0 Å². The highest BCUT2D eigenvalue weighted by Crippen LogP contribution is 2.26. The lowest BCUT2D eigenvalue weighted by molar-refractivity contribution is -0.384. The smallest absolute Gasteiger partial charge is 0.275 e. The molecule has 0 amide bonds. The van der Waals surface area contributed by atoms with Gasteiger partial charge < -0.3 is 10.1 Å². The maximum absolute atomic E-state index is 10.9. The number of aryl methyl sites for hydroxylation is 1. The van der Waals surface area contributed by atoms with Crippen LogP contribution >= 0.6 is 11.3 Å². The first kappa shape index (κ1) is 14.3. The van der Waals surface area contributed by atoms with Crippen LogP contribution in [-0.4, -0.2) is 16.5 Å². The molecule has 20 heavy (non-hydrogen) atoms. The number of benzene rings is 1. The summed E-state index contributed by atoms with van der Waals surface area (Å²) in [6.07, 6.45) is 1.81. The molecule has 0 fully saturated rings. The lowest BCUT2D eigenvalue weighted by Gasteiger charge is -2.08. The van der Waals surface area contributed by atoms with Crippen LogP contribution in [0.15, 0.2) is 24.4 Å². The highest BCUT2D eigenvalue weighted by atomic mass is 32.1. The quantitative estimate of drug-likeness (QED) is 0.652. The first-order valence-corrected chi connectivity index (χ1v) is 6.97. The van der Waals surface area contributed by atoms with Gasteiger partial charge in [0.15, 0.2) is 0 Å². The third-order valence-electron chi connectivity index (χ3n) is 2.53. The van der Waals surface area contributed by atoms with Crippen molar-refractivity contribution >= 4 is 22.7 Å². The Balaban J connectivity index is 2.15. The molecule has 6 nitrogen and oxygen atoms in total. The molecule has 106 valence electrons. The summed E-state index contributed by atoms with van der Waals surface area (Å²) in [6, 6.07) is 4.65. The molecule has 1 heterocycles. The number of hydrogen-bond donors (Lipinski definition) is 1. The number of non-ortho nitro benzene ring substituents is 1. The highest BCUT2D eigenvalue weighted by molar-refractivity contribution is 7.11. The Hall–Kier alpha value is -2.15. The number of thiazole rings is 1. The second kappa shape index (κ2) is 6.33. The van der Waals surface area contributed by atoms with E-state index in [0.717, 1.165) is 9.88 Å². The number of aromatic nitrogens is 1. The Morgan fingerprint density at radius 1 is 1.45 bits per heavy atom. The van der Waals surface area contributed by atoms with E-state index in [0.29, 0.717) is 24.6 Å². The van der Waals surface area contributed by atoms with E-state index in [1.165, 1.54) is 12.1 Å². The minimum absolute atomic E-state index is 0.00812. The number of anilines is 1. The molecule has 0 saturated carbocycles. The van der Waals surface area contributed by atoms with Crippen LogP contribution in [0.5, 0.6) is 5.75 Å². The van der Waals surface area contributed by atoms with Gasteiger partial charge in [-0.2, -0.15) is 0 Å². The molecule has 1 aromatic heterocycles. The van der Waals surface area contributed by atoms with Crippen molar-refractivity contribution in [2.45, 2.75) is 20.4 Å². The number of rotatable bonds is 6. The van der Waals surface area contributed by atoms with Gasteiger partial charge >= 0.3 is 0 Å². The van der Waals surface area contributed by atoms with Crippen LogP contribution in [0.1, 0.15) is 16.8 Å². The number of nitrogens with one attached hydrogen (secondary N) is 1. The van der Waals surface area contributed by atoms with Crippen LogP contribution in [0.4, 0.5) is 11.4 Å². The SMILES string of the molecule is CCOc1cc(NCc2ncc(C)s2)cc([N+](=O)[O-])c1.